The third-order valence-electron chi connectivity index (χ3n) is 3.69. The fraction of sp³-hybridized carbons (Fsp3) is 0.765. The Bertz CT molecular complexity index is 453. The highest BCUT2D eigenvalue weighted by Crippen LogP contribution is 2.37. The molecule has 0 spiro atoms. The Balaban J connectivity index is 5.86. The lowest BCUT2D eigenvalue weighted by atomic mass is 9.72. The van der Waals surface area contributed by atoms with E-state index in [4.69, 9.17) is 18.9 Å². The minimum Gasteiger partial charge on any atom is -0.466 e. The van der Waals surface area contributed by atoms with Gasteiger partial charge in [-0.1, -0.05) is 6.92 Å². The van der Waals surface area contributed by atoms with Crippen LogP contribution in [0.2, 0.25) is 0 Å². The van der Waals surface area contributed by atoms with Crippen LogP contribution in [-0.4, -0.2) is 50.3 Å². The van der Waals surface area contributed by atoms with E-state index in [1.807, 2.05) is 0 Å². The fourth-order valence-corrected chi connectivity index (χ4v) is 2.38. The predicted octanol–water partition coefficient (Wildman–Crippen LogP) is 1.64. The summed E-state index contributed by atoms with van der Waals surface area (Å²) in [6, 6.07) is 0. The van der Waals surface area contributed by atoms with Crippen molar-refractivity contribution >= 4 is 23.9 Å². The van der Waals surface area contributed by atoms with Crippen molar-refractivity contribution in [1.29, 1.82) is 0 Å². The maximum atomic E-state index is 12.6. The molecule has 0 heterocycles. The molecule has 0 saturated carbocycles. The highest BCUT2D eigenvalue weighted by molar-refractivity contribution is 6.04. The third kappa shape index (κ3) is 6.03. The van der Waals surface area contributed by atoms with E-state index in [0.29, 0.717) is 0 Å². The van der Waals surface area contributed by atoms with Crippen LogP contribution in [0, 0.1) is 11.3 Å². The Morgan fingerprint density at radius 1 is 0.760 bits per heavy atom. The van der Waals surface area contributed by atoms with Crippen LogP contribution in [0.4, 0.5) is 0 Å². The molecule has 0 aliphatic rings. The van der Waals surface area contributed by atoms with Crippen molar-refractivity contribution in [2.24, 2.45) is 11.3 Å². The van der Waals surface area contributed by atoms with E-state index in [1.54, 1.807) is 27.7 Å². The van der Waals surface area contributed by atoms with E-state index in [9.17, 15) is 19.2 Å². The number of rotatable bonds is 11. The molecule has 8 heteroatoms. The Hall–Kier alpha value is -2.12. The number of carbonyl (C=O) groups is 4. The molecule has 0 aromatic rings. The summed E-state index contributed by atoms with van der Waals surface area (Å²) in [7, 11) is 0. The lowest BCUT2D eigenvalue weighted by Gasteiger charge is -2.32. The summed E-state index contributed by atoms with van der Waals surface area (Å²) >= 11 is 0. The molecule has 25 heavy (non-hydrogen) atoms. The van der Waals surface area contributed by atoms with E-state index in [2.05, 4.69) is 0 Å². The average molecular weight is 360 g/mol. The van der Waals surface area contributed by atoms with Gasteiger partial charge in [-0.05, 0) is 34.1 Å². The van der Waals surface area contributed by atoms with Gasteiger partial charge in [-0.2, -0.15) is 0 Å². The first-order valence-corrected chi connectivity index (χ1v) is 8.48. The second-order valence-electron chi connectivity index (χ2n) is 5.19. The highest BCUT2D eigenvalue weighted by Gasteiger charge is 2.56. The van der Waals surface area contributed by atoms with E-state index >= 15 is 0 Å². The van der Waals surface area contributed by atoms with Crippen molar-refractivity contribution in [2.45, 2.75) is 47.5 Å². The quantitative estimate of drug-likeness (QED) is 0.311. The second kappa shape index (κ2) is 11.4. The first-order chi connectivity index (χ1) is 11.8. The summed E-state index contributed by atoms with van der Waals surface area (Å²) in [5.41, 5.74) is -1.97. The van der Waals surface area contributed by atoms with Crippen LogP contribution in [0.25, 0.3) is 0 Å². The van der Waals surface area contributed by atoms with Crippen LogP contribution >= 0.6 is 0 Å². The van der Waals surface area contributed by atoms with E-state index in [-0.39, 0.29) is 39.3 Å². The standard InChI is InChI=1S/C17H28O8/c1-6-22-13(18)10-11-17(15(20)24-8-3,16(21)25-9-4)12(5)14(19)23-7-2/h12H,6-11H2,1-5H3/t12-/m0/s1. The zero-order valence-corrected chi connectivity index (χ0v) is 15.6. The van der Waals surface area contributed by atoms with Crippen molar-refractivity contribution < 1.29 is 38.1 Å². The van der Waals surface area contributed by atoms with Crippen molar-refractivity contribution in [3.05, 3.63) is 0 Å². The minimum absolute atomic E-state index is 0.00887. The van der Waals surface area contributed by atoms with Gasteiger partial charge in [0.25, 0.3) is 0 Å². The summed E-state index contributed by atoms with van der Waals surface area (Å²) < 4.78 is 19.8. The summed E-state index contributed by atoms with van der Waals surface area (Å²) in [6.45, 7) is 8.06. The Morgan fingerprint density at radius 2 is 1.20 bits per heavy atom. The van der Waals surface area contributed by atoms with Crippen molar-refractivity contribution in [3.63, 3.8) is 0 Å². The Morgan fingerprint density at radius 3 is 1.60 bits per heavy atom. The molecule has 1 atom stereocenters. The van der Waals surface area contributed by atoms with Crippen molar-refractivity contribution in [3.8, 4) is 0 Å². The zero-order valence-electron chi connectivity index (χ0n) is 15.6. The molecule has 0 aliphatic heterocycles. The first kappa shape index (κ1) is 22.9. The Labute approximate surface area is 148 Å². The van der Waals surface area contributed by atoms with Crippen molar-refractivity contribution in [1.82, 2.24) is 0 Å². The molecule has 144 valence electrons. The van der Waals surface area contributed by atoms with Crippen LogP contribution in [0.15, 0.2) is 0 Å². The molecule has 0 radical (unpaired) electrons. The van der Waals surface area contributed by atoms with Gasteiger partial charge in [-0.25, -0.2) is 0 Å². The largest absolute Gasteiger partial charge is 0.466 e. The van der Waals surface area contributed by atoms with Gasteiger partial charge in [0, 0.05) is 6.42 Å². The zero-order chi connectivity index (χ0) is 19.5. The minimum atomic E-state index is -1.97. The SMILES string of the molecule is CCOC(=O)CCC(C(=O)OCC)(C(=O)OCC)[C@@H](C)C(=O)OCC. The van der Waals surface area contributed by atoms with Gasteiger partial charge in [-0.15, -0.1) is 0 Å². The average Bonchev–Trinajstić information content (AvgIpc) is 2.56. The molecule has 0 fully saturated rings. The monoisotopic (exact) mass is 360 g/mol. The maximum absolute atomic E-state index is 12.6. The molecule has 0 saturated heterocycles. The number of esters is 4. The molecule has 0 aromatic heterocycles. The summed E-state index contributed by atoms with van der Waals surface area (Å²) in [5, 5.41) is 0. The number of ether oxygens (including phenoxy) is 4. The van der Waals surface area contributed by atoms with Gasteiger partial charge in [0.15, 0.2) is 5.41 Å². The Kier molecular flexibility index (Phi) is 10.5. The van der Waals surface area contributed by atoms with Gasteiger partial charge >= 0.3 is 23.9 Å². The summed E-state index contributed by atoms with van der Waals surface area (Å²) in [4.78, 5) is 49.2. The molecule has 0 aliphatic carbocycles. The predicted molar refractivity (Wildman–Crippen MR) is 87.4 cm³/mol. The third-order valence-corrected chi connectivity index (χ3v) is 3.69. The number of carbonyl (C=O) groups excluding carboxylic acids is 4. The molecule has 0 bridgehead atoms. The molecule has 0 N–H and O–H groups in total. The molecular formula is C17H28O8. The maximum Gasteiger partial charge on any atom is 0.324 e. The normalized spacial score (nSPS) is 12.0. The van der Waals surface area contributed by atoms with Gasteiger partial charge in [0.05, 0.1) is 32.3 Å². The molecule has 0 unspecified atom stereocenters. The highest BCUT2D eigenvalue weighted by atomic mass is 16.6. The van der Waals surface area contributed by atoms with E-state index in [0.717, 1.165) is 0 Å². The van der Waals surface area contributed by atoms with Crippen LogP contribution in [0.1, 0.15) is 47.5 Å². The van der Waals surface area contributed by atoms with E-state index < -0.39 is 35.2 Å². The second-order valence-corrected chi connectivity index (χ2v) is 5.19. The number of hydrogen-bond donors (Lipinski definition) is 0. The molecule has 0 rings (SSSR count). The molecule has 0 aromatic carbocycles. The van der Waals surface area contributed by atoms with Gasteiger partial charge in [0.2, 0.25) is 0 Å². The first-order valence-electron chi connectivity index (χ1n) is 8.48. The summed E-state index contributed by atoms with van der Waals surface area (Å²) in [6.07, 6.45) is -0.515. The molecule has 8 nitrogen and oxygen atoms in total. The van der Waals surface area contributed by atoms with Crippen LogP contribution in [0.3, 0.4) is 0 Å². The lowest BCUT2D eigenvalue weighted by Crippen LogP contribution is -2.50. The lowest BCUT2D eigenvalue weighted by molar-refractivity contribution is -0.184. The fourth-order valence-electron chi connectivity index (χ4n) is 2.38. The van der Waals surface area contributed by atoms with E-state index in [1.165, 1.54) is 6.92 Å². The number of hydrogen-bond acceptors (Lipinski definition) is 8. The van der Waals surface area contributed by atoms with Gasteiger partial charge in [0.1, 0.15) is 0 Å². The van der Waals surface area contributed by atoms with Crippen LogP contribution in [-0.2, 0) is 38.1 Å². The molecule has 0 amide bonds. The van der Waals surface area contributed by atoms with Gasteiger partial charge < -0.3 is 18.9 Å². The van der Waals surface area contributed by atoms with Gasteiger partial charge in [-0.3, -0.25) is 19.2 Å². The van der Waals surface area contributed by atoms with Crippen molar-refractivity contribution in [2.75, 3.05) is 26.4 Å². The topological polar surface area (TPSA) is 105 Å². The molecular weight excluding hydrogens is 332 g/mol. The van der Waals surface area contributed by atoms with Crippen LogP contribution in [0.5, 0.6) is 0 Å². The smallest absolute Gasteiger partial charge is 0.324 e. The summed E-state index contributed by atoms with van der Waals surface area (Å²) in [5.74, 6) is -4.35. The van der Waals surface area contributed by atoms with Crippen LogP contribution < -0.4 is 0 Å².